The average Bonchev–Trinajstić information content (AvgIpc) is 3.08. The zero-order chi connectivity index (χ0) is 35.1. The number of amides is 2. The minimum Gasteiger partial charge on any atom is -0.469 e. The summed E-state index contributed by atoms with van der Waals surface area (Å²) in [6.07, 6.45) is 4.66. The lowest BCUT2D eigenvalue weighted by molar-refractivity contribution is -0.141. The molecule has 2 aromatic carbocycles. The van der Waals surface area contributed by atoms with E-state index in [0.717, 1.165) is 0 Å². The van der Waals surface area contributed by atoms with Crippen LogP contribution < -0.4 is 11.1 Å². The SMILES string of the molecule is COC(=O)CCCCS(=O)(CCCCC(=O)OC)=NC(=O)c1cnc(N)c(C#Cc2cccc(NC(=O)c3cccc(S(C)=O)c3)c2)c1. The van der Waals surface area contributed by atoms with Crippen molar-refractivity contribution >= 4 is 55.8 Å². The first-order valence-corrected chi connectivity index (χ1v) is 18.4. The molecule has 1 aromatic heterocycles. The number of nitrogens with one attached hydrogen (secondary N) is 1. The second kappa shape index (κ2) is 18.5. The Bertz CT molecular complexity index is 1840. The summed E-state index contributed by atoms with van der Waals surface area (Å²) in [4.78, 5) is 53.6. The van der Waals surface area contributed by atoms with Crippen molar-refractivity contribution in [3.8, 4) is 11.8 Å². The first-order valence-electron chi connectivity index (χ1n) is 15.0. The zero-order valence-electron chi connectivity index (χ0n) is 27.0. The molecule has 12 nitrogen and oxygen atoms in total. The van der Waals surface area contributed by atoms with E-state index in [1.165, 1.54) is 32.7 Å². The summed E-state index contributed by atoms with van der Waals surface area (Å²) in [7, 11) is -1.69. The molecule has 1 heterocycles. The number of esters is 2. The Hall–Kier alpha value is -4.87. The highest BCUT2D eigenvalue weighted by molar-refractivity contribution is 7.93. The average molecular weight is 695 g/mol. The van der Waals surface area contributed by atoms with Crippen molar-refractivity contribution in [3.05, 3.63) is 83.0 Å². The topological polar surface area (TPSA) is 184 Å². The van der Waals surface area contributed by atoms with Gasteiger partial charge in [0.25, 0.3) is 11.8 Å². The number of anilines is 2. The number of ether oxygens (including phenoxy) is 2. The molecule has 1 atom stereocenters. The van der Waals surface area contributed by atoms with Gasteiger partial charge in [0, 0.05) is 69.3 Å². The molecule has 3 N–H and O–H groups in total. The monoisotopic (exact) mass is 694 g/mol. The van der Waals surface area contributed by atoms with Gasteiger partial charge >= 0.3 is 11.9 Å². The molecule has 0 spiro atoms. The summed E-state index contributed by atoms with van der Waals surface area (Å²) in [6.45, 7) is 0. The lowest BCUT2D eigenvalue weighted by Gasteiger charge is -2.10. The van der Waals surface area contributed by atoms with Gasteiger partial charge in [0.2, 0.25) is 0 Å². The molecule has 14 heteroatoms. The largest absolute Gasteiger partial charge is 0.469 e. The number of benzene rings is 2. The van der Waals surface area contributed by atoms with Crippen LogP contribution in [0.3, 0.4) is 0 Å². The van der Waals surface area contributed by atoms with E-state index >= 15 is 0 Å². The van der Waals surface area contributed by atoms with Crippen LogP contribution >= 0.6 is 0 Å². The van der Waals surface area contributed by atoms with E-state index in [9.17, 15) is 27.6 Å². The summed E-state index contributed by atoms with van der Waals surface area (Å²) >= 11 is 0. The number of nitrogens with two attached hydrogens (primary N) is 1. The Morgan fingerprint density at radius 3 is 2.17 bits per heavy atom. The molecule has 0 fully saturated rings. The summed E-state index contributed by atoms with van der Waals surface area (Å²) in [6, 6.07) is 14.8. The van der Waals surface area contributed by atoms with Crippen molar-refractivity contribution in [3.63, 3.8) is 0 Å². The van der Waals surface area contributed by atoms with Crippen LogP contribution in [0, 0.1) is 11.8 Å². The highest BCUT2D eigenvalue weighted by Crippen LogP contribution is 2.17. The second-order valence-corrected chi connectivity index (χ2v) is 14.5. The van der Waals surface area contributed by atoms with Gasteiger partial charge in [0.1, 0.15) is 5.82 Å². The molecule has 0 aliphatic carbocycles. The van der Waals surface area contributed by atoms with Gasteiger partial charge in [0.05, 0.1) is 35.1 Å². The second-order valence-electron chi connectivity index (χ2n) is 10.6. The number of methoxy groups -OCH3 is 2. The van der Waals surface area contributed by atoms with Crippen molar-refractivity contribution in [2.75, 3.05) is 43.0 Å². The normalized spacial score (nSPS) is 11.4. The summed E-state index contributed by atoms with van der Waals surface area (Å²) in [5.74, 6) is 4.19. The molecular weight excluding hydrogens is 657 g/mol. The first-order chi connectivity index (χ1) is 22.9. The smallest absolute Gasteiger partial charge is 0.305 e. The van der Waals surface area contributed by atoms with Crippen LogP contribution in [0.5, 0.6) is 0 Å². The van der Waals surface area contributed by atoms with Crippen LogP contribution in [0.1, 0.15) is 70.4 Å². The Kier molecular flexibility index (Phi) is 14.5. The van der Waals surface area contributed by atoms with Gasteiger partial charge in [-0.15, -0.1) is 0 Å². The molecule has 0 radical (unpaired) electrons. The number of rotatable bonds is 14. The van der Waals surface area contributed by atoms with E-state index in [1.807, 2.05) is 0 Å². The lowest BCUT2D eigenvalue weighted by Crippen LogP contribution is -2.15. The molecule has 3 aromatic rings. The van der Waals surface area contributed by atoms with Crippen LogP contribution in [0.2, 0.25) is 0 Å². The van der Waals surface area contributed by atoms with Crippen LogP contribution in [-0.4, -0.2) is 69.1 Å². The molecule has 2 amide bonds. The van der Waals surface area contributed by atoms with Gasteiger partial charge in [-0.25, -0.2) is 9.19 Å². The Morgan fingerprint density at radius 1 is 0.896 bits per heavy atom. The fraction of sp³-hybridized carbons (Fsp3) is 0.324. The van der Waals surface area contributed by atoms with E-state index in [4.69, 9.17) is 5.73 Å². The molecule has 0 aliphatic rings. The standard InChI is InChI=1S/C34H38N4O8S2/c1-45-30(39)14-4-6-18-48(44,19-7-5-15-31(40)46-2)38-34(42)27-21-25(32(35)36-23-27)17-16-24-10-8-12-28(20-24)37-33(41)26-11-9-13-29(22-26)47(3)43/h8-13,20-23H,4-7,14-15,18-19H2,1-3H3,(H2,35,36)(H,37,41). The van der Waals surface area contributed by atoms with E-state index in [2.05, 4.69) is 36.0 Å². The van der Waals surface area contributed by atoms with Crippen LogP contribution in [-0.2, 0) is 39.6 Å². The fourth-order valence-corrected chi connectivity index (χ4v) is 6.99. The van der Waals surface area contributed by atoms with Gasteiger partial charge < -0.3 is 20.5 Å². The van der Waals surface area contributed by atoms with Crippen LogP contribution in [0.15, 0.2) is 70.1 Å². The van der Waals surface area contributed by atoms with Crippen LogP contribution in [0.25, 0.3) is 0 Å². The van der Waals surface area contributed by atoms with Crippen molar-refractivity contribution in [2.45, 2.75) is 43.4 Å². The third-order valence-corrected chi connectivity index (χ3v) is 10.2. The number of nitrogens with zero attached hydrogens (tertiary/aromatic N) is 2. The molecule has 1 unspecified atom stereocenters. The van der Waals surface area contributed by atoms with Gasteiger partial charge in [-0.3, -0.25) is 23.4 Å². The molecule has 0 aliphatic heterocycles. The van der Waals surface area contributed by atoms with Gasteiger partial charge in [-0.1, -0.05) is 24.0 Å². The summed E-state index contributed by atoms with van der Waals surface area (Å²) < 4.78 is 39.0. The van der Waals surface area contributed by atoms with Crippen molar-refractivity contribution in [2.24, 2.45) is 4.36 Å². The number of aromatic nitrogens is 1. The number of carbonyl (C=O) groups excluding carboxylic acids is 4. The summed E-state index contributed by atoms with van der Waals surface area (Å²) in [5, 5.41) is 2.80. The third kappa shape index (κ3) is 12.1. The lowest BCUT2D eigenvalue weighted by atomic mass is 10.1. The van der Waals surface area contributed by atoms with Gasteiger partial charge in [-0.2, -0.15) is 4.36 Å². The third-order valence-electron chi connectivity index (χ3n) is 6.95. The van der Waals surface area contributed by atoms with E-state index < -0.39 is 26.4 Å². The number of hydrogen-bond donors (Lipinski definition) is 2. The number of hydrogen-bond acceptors (Lipinski definition) is 10. The fourth-order valence-electron chi connectivity index (χ4n) is 4.32. The molecule has 3 rings (SSSR count). The predicted octanol–water partition coefficient (Wildman–Crippen LogP) is 4.35. The quantitative estimate of drug-likeness (QED) is 0.140. The van der Waals surface area contributed by atoms with E-state index in [-0.39, 0.29) is 59.1 Å². The Morgan fingerprint density at radius 2 is 1.54 bits per heavy atom. The predicted molar refractivity (Wildman–Crippen MR) is 184 cm³/mol. The zero-order valence-corrected chi connectivity index (χ0v) is 28.6. The maximum Gasteiger partial charge on any atom is 0.305 e. The number of pyridine rings is 1. The Labute approximate surface area is 282 Å². The highest BCUT2D eigenvalue weighted by atomic mass is 32.2. The minimum atomic E-state index is -3.04. The molecule has 0 saturated heterocycles. The first kappa shape index (κ1) is 37.6. The van der Waals surface area contributed by atoms with Crippen LogP contribution in [0.4, 0.5) is 11.5 Å². The molecule has 48 heavy (non-hydrogen) atoms. The molecular formula is C34H38N4O8S2. The number of unbranched alkanes of at least 4 members (excludes halogenated alkanes) is 2. The highest BCUT2D eigenvalue weighted by Gasteiger charge is 2.16. The molecule has 0 saturated carbocycles. The van der Waals surface area contributed by atoms with E-state index in [1.54, 1.807) is 48.5 Å². The Balaban J connectivity index is 1.79. The maximum absolute atomic E-state index is 13.8. The molecule has 254 valence electrons. The van der Waals surface area contributed by atoms with Gasteiger partial charge in [-0.05, 0) is 68.1 Å². The van der Waals surface area contributed by atoms with E-state index in [0.29, 0.717) is 47.4 Å². The summed E-state index contributed by atoms with van der Waals surface area (Å²) in [5.41, 5.74) is 7.71. The number of carbonyl (C=O) groups is 4. The molecule has 0 bridgehead atoms. The van der Waals surface area contributed by atoms with Crippen molar-refractivity contribution in [1.82, 2.24) is 4.98 Å². The maximum atomic E-state index is 13.8. The number of nitrogen functional groups attached to an aromatic ring is 1. The van der Waals surface area contributed by atoms with Crippen molar-refractivity contribution in [1.29, 1.82) is 0 Å². The van der Waals surface area contributed by atoms with Crippen molar-refractivity contribution < 1.29 is 37.1 Å². The minimum absolute atomic E-state index is 0.0431. The van der Waals surface area contributed by atoms with Gasteiger partial charge in [0.15, 0.2) is 0 Å².